The van der Waals surface area contributed by atoms with Gasteiger partial charge in [0.15, 0.2) is 0 Å². The fourth-order valence-electron chi connectivity index (χ4n) is 1.32. The molecule has 2 nitrogen and oxygen atoms in total. The Morgan fingerprint density at radius 3 is 2.93 bits per heavy atom. The lowest BCUT2D eigenvalue weighted by Crippen LogP contribution is -1.84. The Morgan fingerprint density at radius 2 is 2.27 bits per heavy atom. The van der Waals surface area contributed by atoms with E-state index in [2.05, 4.69) is 13.0 Å². The lowest BCUT2D eigenvalue weighted by atomic mass is 10.2. The van der Waals surface area contributed by atoms with E-state index in [1.807, 2.05) is 6.07 Å². The van der Waals surface area contributed by atoms with Crippen LogP contribution >= 0.6 is 11.3 Å². The molecular weight excluding hydrogens is 208 g/mol. The Balaban J connectivity index is 2.45. The molecule has 0 aliphatic carbocycles. The largest absolute Gasteiger partial charge is 0.478 e. The number of rotatable bonds is 6. The fraction of sp³-hybridized carbons (Fsp3) is 0.417. The summed E-state index contributed by atoms with van der Waals surface area (Å²) in [4.78, 5) is 12.7. The number of carboxylic acid groups (broad SMARTS) is 1. The molecule has 1 rings (SSSR count). The van der Waals surface area contributed by atoms with Crippen LogP contribution in [0, 0.1) is 0 Å². The summed E-state index contributed by atoms with van der Waals surface area (Å²) >= 11 is 1.68. The normalized spacial score (nSPS) is 11.0. The summed E-state index contributed by atoms with van der Waals surface area (Å²) in [6.45, 7) is 2.19. The minimum absolute atomic E-state index is 0.893. The highest BCUT2D eigenvalue weighted by Crippen LogP contribution is 2.20. The maximum atomic E-state index is 10.3. The molecule has 1 aromatic rings. The van der Waals surface area contributed by atoms with E-state index >= 15 is 0 Å². The quantitative estimate of drug-likeness (QED) is 0.592. The predicted molar refractivity (Wildman–Crippen MR) is 64.2 cm³/mol. The second kappa shape index (κ2) is 6.40. The number of aryl methyl sites for hydroxylation is 1. The molecule has 0 amide bonds. The first-order valence-corrected chi connectivity index (χ1v) is 6.03. The van der Waals surface area contributed by atoms with Crippen LogP contribution in [-0.4, -0.2) is 11.1 Å². The number of carbonyl (C=O) groups is 1. The van der Waals surface area contributed by atoms with Crippen LogP contribution in [0.3, 0.4) is 0 Å². The van der Waals surface area contributed by atoms with E-state index in [-0.39, 0.29) is 0 Å². The molecule has 0 aliphatic heterocycles. The summed E-state index contributed by atoms with van der Waals surface area (Å²) in [6, 6.07) is 4.06. The molecule has 1 heterocycles. The predicted octanol–water partition coefficient (Wildman–Crippen LogP) is 3.58. The van der Waals surface area contributed by atoms with Crippen LogP contribution < -0.4 is 0 Å². The lowest BCUT2D eigenvalue weighted by Gasteiger charge is -1.94. The number of unbranched alkanes of at least 4 members (excludes halogenated alkanes) is 2. The van der Waals surface area contributed by atoms with Crippen LogP contribution in [0.15, 0.2) is 18.2 Å². The summed E-state index contributed by atoms with van der Waals surface area (Å²) < 4.78 is 0. The molecule has 0 aromatic carbocycles. The molecule has 0 fully saturated rings. The van der Waals surface area contributed by atoms with Crippen molar-refractivity contribution in [3.8, 4) is 0 Å². The summed E-state index contributed by atoms with van der Waals surface area (Å²) in [6.07, 6.45) is 7.66. The molecule has 0 saturated heterocycles. The Hall–Kier alpha value is -1.09. The van der Waals surface area contributed by atoms with Crippen molar-refractivity contribution < 1.29 is 9.90 Å². The van der Waals surface area contributed by atoms with Crippen LogP contribution in [0.5, 0.6) is 0 Å². The minimum Gasteiger partial charge on any atom is -0.478 e. The fourth-order valence-corrected chi connectivity index (χ4v) is 2.28. The summed E-state index contributed by atoms with van der Waals surface area (Å²) in [5.74, 6) is -0.893. The van der Waals surface area contributed by atoms with Crippen molar-refractivity contribution >= 4 is 23.4 Å². The van der Waals surface area contributed by atoms with Crippen LogP contribution in [0.2, 0.25) is 0 Å². The topological polar surface area (TPSA) is 37.3 Å². The number of thiophene rings is 1. The highest BCUT2D eigenvalue weighted by molar-refractivity contribution is 7.12. The van der Waals surface area contributed by atoms with E-state index < -0.39 is 5.97 Å². The first-order valence-electron chi connectivity index (χ1n) is 5.22. The summed E-state index contributed by atoms with van der Waals surface area (Å²) in [5.41, 5.74) is 0. The molecule has 0 saturated carbocycles. The van der Waals surface area contributed by atoms with Gasteiger partial charge in [0.2, 0.25) is 0 Å². The van der Waals surface area contributed by atoms with E-state index in [4.69, 9.17) is 5.11 Å². The Kier molecular flexibility index (Phi) is 5.12. The van der Waals surface area contributed by atoms with Gasteiger partial charge in [0.25, 0.3) is 0 Å². The van der Waals surface area contributed by atoms with E-state index in [1.165, 1.54) is 30.2 Å². The molecule has 0 radical (unpaired) electrons. The van der Waals surface area contributed by atoms with Gasteiger partial charge in [0, 0.05) is 15.8 Å². The van der Waals surface area contributed by atoms with E-state index in [9.17, 15) is 4.79 Å². The highest BCUT2D eigenvalue weighted by atomic mass is 32.1. The molecule has 0 unspecified atom stereocenters. The van der Waals surface area contributed by atoms with Crippen LogP contribution in [0.25, 0.3) is 6.08 Å². The smallest absolute Gasteiger partial charge is 0.328 e. The lowest BCUT2D eigenvalue weighted by molar-refractivity contribution is -0.131. The minimum atomic E-state index is -0.893. The van der Waals surface area contributed by atoms with Gasteiger partial charge in [-0.2, -0.15) is 0 Å². The molecule has 0 atom stereocenters. The maximum absolute atomic E-state index is 10.3. The van der Waals surface area contributed by atoms with Crippen molar-refractivity contribution in [2.24, 2.45) is 0 Å². The van der Waals surface area contributed by atoms with Gasteiger partial charge in [-0.15, -0.1) is 11.3 Å². The SMILES string of the molecule is CCCCCc1ccc(/C=C/C(=O)O)s1. The monoisotopic (exact) mass is 224 g/mol. The van der Waals surface area contributed by atoms with Crippen molar-refractivity contribution in [1.29, 1.82) is 0 Å². The number of aliphatic carboxylic acids is 1. The van der Waals surface area contributed by atoms with Gasteiger partial charge in [0.05, 0.1) is 0 Å². The standard InChI is InChI=1S/C12H16O2S/c1-2-3-4-5-10-6-7-11(15-10)8-9-12(13)14/h6-9H,2-5H2,1H3,(H,13,14)/b9-8+. The third kappa shape index (κ3) is 4.79. The highest BCUT2D eigenvalue weighted by Gasteiger charge is 1.97. The molecule has 0 spiro atoms. The van der Waals surface area contributed by atoms with Crippen LogP contribution in [-0.2, 0) is 11.2 Å². The molecule has 0 bridgehead atoms. The van der Waals surface area contributed by atoms with Gasteiger partial charge in [-0.3, -0.25) is 0 Å². The van der Waals surface area contributed by atoms with Crippen molar-refractivity contribution in [3.63, 3.8) is 0 Å². The number of carboxylic acids is 1. The molecular formula is C12H16O2S. The maximum Gasteiger partial charge on any atom is 0.328 e. The molecule has 0 aliphatic rings. The van der Waals surface area contributed by atoms with Crippen LogP contribution in [0.1, 0.15) is 35.9 Å². The van der Waals surface area contributed by atoms with Gasteiger partial charge in [-0.05, 0) is 31.1 Å². The van der Waals surface area contributed by atoms with Crippen molar-refractivity contribution in [2.45, 2.75) is 32.6 Å². The van der Waals surface area contributed by atoms with E-state index in [0.717, 1.165) is 11.3 Å². The number of hydrogen-bond acceptors (Lipinski definition) is 2. The van der Waals surface area contributed by atoms with Gasteiger partial charge in [-0.1, -0.05) is 19.8 Å². The van der Waals surface area contributed by atoms with Crippen molar-refractivity contribution in [1.82, 2.24) is 0 Å². The average molecular weight is 224 g/mol. The summed E-state index contributed by atoms with van der Waals surface area (Å²) in [7, 11) is 0. The molecule has 82 valence electrons. The van der Waals surface area contributed by atoms with Gasteiger partial charge in [0.1, 0.15) is 0 Å². The second-order valence-electron chi connectivity index (χ2n) is 3.43. The van der Waals surface area contributed by atoms with Gasteiger partial charge in [-0.25, -0.2) is 4.79 Å². The third-order valence-corrected chi connectivity index (χ3v) is 3.21. The molecule has 15 heavy (non-hydrogen) atoms. The molecule has 3 heteroatoms. The zero-order valence-corrected chi connectivity index (χ0v) is 9.72. The van der Waals surface area contributed by atoms with Crippen LogP contribution in [0.4, 0.5) is 0 Å². The van der Waals surface area contributed by atoms with Gasteiger partial charge < -0.3 is 5.11 Å². The Labute approximate surface area is 94.3 Å². The van der Waals surface area contributed by atoms with E-state index in [1.54, 1.807) is 17.4 Å². The molecule has 1 N–H and O–H groups in total. The van der Waals surface area contributed by atoms with Crippen molar-refractivity contribution in [2.75, 3.05) is 0 Å². The number of hydrogen-bond donors (Lipinski definition) is 1. The van der Waals surface area contributed by atoms with E-state index in [0.29, 0.717) is 0 Å². The summed E-state index contributed by atoms with van der Waals surface area (Å²) in [5, 5.41) is 8.47. The zero-order valence-electron chi connectivity index (χ0n) is 8.90. The van der Waals surface area contributed by atoms with Gasteiger partial charge >= 0.3 is 5.97 Å². The first-order chi connectivity index (χ1) is 7.22. The molecule has 1 aromatic heterocycles. The zero-order chi connectivity index (χ0) is 11.1. The van der Waals surface area contributed by atoms with Crippen molar-refractivity contribution in [3.05, 3.63) is 28.0 Å². The third-order valence-electron chi connectivity index (χ3n) is 2.10. The average Bonchev–Trinajstić information content (AvgIpc) is 2.63. The first kappa shape index (κ1) is 12.0. The Morgan fingerprint density at radius 1 is 1.47 bits per heavy atom. The second-order valence-corrected chi connectivity index (χ2v) is 4.63. The Bertz CT molecular complexity index is 339.